The molecule has 1 aromatic rings. The van der Waals surface area contributed by atoms with Crippen LogP contribution in [0.15, 0.2) is 0 Å². The zero-order chi connectivity index (χ0) is 11.4. The maximum absolute atomic E-state index is 6.08. The summed E-state index contributed by atoms with van der Waals surface area (Å²) in [5.41, 5.74) is 9.23. The van der Waals surface area contributed by atoms with E-state index in [1.165, 1.54) is 12.1 Å². The molecule has 0 fully saturated rings. The Morgan fingerprint density at radius 2 is 1.93 bits per heavy atom. The topological polar surface area (TPSA) is 43.8 Å². The minimum atomic E-state index is 0.465. The maximum Gasteiger partial charge on any atom is 0.0854 e. The fourth-order valence-electron chi connectivity index (χ4n) is 2.05. The lowest BCUT2D eigenvalue weighted by Gasteiger charge is -2.14. The number of rotatable bonds is 5. The third-order valence-corrected chi connectivity index (χ3v) is 2.92. The quantitative estimate of drug-likeness (QED) is 0.810. The van der Waals surface area contributed by atoms with Gasteiger partial charge in [0.1, 0.15) is 0 Å². The van der Waals surface area contributed by atoms with E-state index in [0.717, 1.165) is 30.6 Å². The lowest BCUT2D eigenvalue weighted by atomic mass is 10.1. The van der Waals surface area contributed by atoms with Crippen molar-refractivity contribution < 1.29 is 0 Å². The van der Waals surface area contributed by atoms with Crippen molar-refractivity contribution in [2.75, 3.05) is 5.73 Å². The smallest absolute Gasteiger partial charge is 0.0854 e. The highest BCUT2D eigenvalue weighted by molar-refractivity contribution is 5.48. The molecule has 0 aliphatic rings. The van der Waals surface area contributed by atoms with Crippen LogP contribution in [0.2, 0.25) is 0 Å². The molecular formula is C12H23N3. The number of hydrogen-bond acceptors (Lipinski definition) is 2. The van der Waals surface area contributed by atoms with Crippen LogP contribution in [0.5, 0.6) is 0 Å². The molecule has 0 bridgehead atoms. The number of aryl methyl sites for hydroxylation is 1. The first-order valence-electron chi connectivity index (χ1n) is 6.01. The highest BCUT2D eigenvalue weighted by Gasteiger charge is 2.15. The fourth-order valence-corrected chi connectivity index (χ4v) is 2.05. The predicted molar refractivity (Wildman–Crippen MR) is 65.0 cm³/mol. The van der Waals surface area contributed by atoms with Crippen molar-refractivity contribution in [2.24, 2.45) is 0 Å². The number of nitrogens with two attached hydrogens (primary N) is 1. The van der Waals surface area contributed by atoms with E-state index in [1.54, 1.807) is 0 Å². The molecule has 2 N–H and O–H groups in total. The fraction of sp³-hybridized carbons (Fsp3) is 0.750. The van der Waals surface area contributed by atoms with Gasteiger partial charge >= 0.3 is 0 Å². The third-order valence-electron chi connectivity index (χ3n) is 2.92. The SMILES string of the molecule is CCCC(C)n1nc(CC)c(N)c1CC. The van der Waals surface area contributed by atoms with Gasteiger partial charge in [0.25, 0.3) is 0 Å². The summed E-state index contributed by atoms with van der Waals surface area (Å²) in [4.78, 5) is 0. The van der Waals surface area contributed by atoms with Crippen LogP contribution in [-0.4, -0.2) is 9.78 Å². The molecule has 0 aliphatic carbocycles. The van der Waals surface area contributed by atoms with Crippen molar-refractivity contribution in [3.05, 3.63) is 11.4 Å². The summed E-state index contributed by atoms with van der Waals surface area (Å²) in [5, 5.41) is 4.61. The number of hydrogen-bond donors (Lipinski definition) is 1. The van der Waals surface area contributed by atoms with Crippen LogP contribution in [0.4, 0.5) is 5.69 Å². The summed E-state index contributed by atoms with van der Waals surface area (Å²) in [6, 6.07) is 0.465. The standard InChI is InChI=1S/C12H23N3/c1-5-8-9(4)15-11(7-3)12(13)10(6-2)14-15/h9H,5-8,13H2,1-4H3. The molecule has 1 rings (SSSR count). The molecule has 0 aliphatic heterocycles. The molecule has 1 heterocycles. The highest BCUT2D eigenvalue weighted by atomic mass is 15.3. The van der Waals surface area contributed by atoms with Gasteiger partial charge in [0, 0.05) is 6.04 Å². The molecule has 0 aromatic carbocycles. The van der Waals surface area contributed by atoms with Gasteiger partial charge < -0.3 is 5.73 Å². The van der Waals surface area contributed by atoms with E-state index >= 15 is 0 Å². The number of nitrogen functional groups attached to an aromatic ring is 1. The van der Waals surface area contributed by atoms with Crippen LogP contribution >= 0.6 is 0 Å². The van der Waals surface area contributed by atoms with Crippen LogP contribution in [0.25, 0.3) is 0 Å². The molecule has 86 valence electrons. The first-order chi connectivity index (χ1) is 7.15. The summed E-state index contributed by atoms with van der Waals surface area (Å²) in [5.74, 6) is 0. The summed E-state index contributed by atoms with van der Waals surface area (Å²) in [6.07, 6.45) is 4.24. The summed E-state index contributed by atoms with van der Waals surface area (Å²) in [7, 11) is 0. The second-order valence-electron chi connectivity index (χ2n) is 4.10. The normalized spacial score (nSPS) is 13.1. The van der Waals surface area contributed by atoms with Crippen molar-refractivity contribution in [1.29, 1.82) is 0 Å². The van der Waals surface area contributed by atoms with E-state index in [1.807, 2.05) is 0 Å². The molecule has 0 spiro atoms. The molecule has 15 heavy (non-hydrogen) atoms. The molecule has 0 saturated carbocycles. The van der Waals surface area contributed by atoms with Gasteiger partial charge in [-0.25, -0.2) is 0 Å². The molecule has 1 unspecified atom stereocenters. The molecule has 3 heteroatoms. The van der Waals surface area contributed by atoms with Crippen molar-refractivity contribution in [3.8, 4) is 0 Å². The summed E-state index contributed by atoms with van der Waals surface area (Å²) < 4.78 is 2.12. The third kappa shape index (κ3) is 2.33. The Morgan fingerprint density at radius 3 is 2.40 bits per heavy atom. The van der Waals surface area contributed by atoms with Crippen LogP contribution in [-0.2, 0) is 12.8 Å². The van der Waals surface area contributed by atoms with E-state index in [4.69, 9.17) is 5.73 Å². The van der Waals surface area contributed by atoms with Gasteiger partial charge in [0.15, 0.2) is 0 Å². The Bertz CT molecular complexity index is 315. The van der Waals surface area contributed by atoms with Gasteiger partial charge in [0.05, 0.1) is 17.1 Å². The van der Waals surface area contributed by atoms with Gasteiger partial charge in [-0.1, -0.05) is 27.2 Å². The minimum Gasteiger partial charge on any atom is -0.396 e. The van der Waals surface area contributed by atoms with Gasteiger partial charge in [-0.2, -0.15) is 5.10 Å². The first-order valence-corrected chi connectivity index (χ1v) is 6.01. The van der Waals surface area contributed by atoms with Crippen LogP contribution in [0.1, 0.15) is 58.0 Å². The number of aromatic nitrogens is 2. The summed E-state index contributed by atoms with van der Waals surface area (Å²) >= 11 is 0. The highest BCUT2D eigenvalue weighted by Crippen LogP contribution is 2.23. The molecule has 0 saturated heterocycles. The van der Waals surface area contributed by atoms with E-state index in [2.05, 4.69) is 37.5 Å². The Kier molecular flexibility index (Phi) is 4.18. The number of anilines is 1. The Labute approximate surface area is 92.7 Å². The maximum atomic E-state index is 6.08. The van der Waals surface area contributed by atoms with Gasteiger partial charge in [0.2, 0.25) is 0 Å². The predicted octanol–water partition coefficient (Wildman–Crippen LogP) is 2.95. The number of nitrogens with zero attached hydrogens (tertiary/aromatic N) is 2. The Hall–Kier alpha value is -0.990. The Balaban J connectivity index is 3.05. The van der Waals surface area contributed by atoms with Crippen molar-refractivity contribution in [3.63, 3.8) is 0 Å². The van der Waals surface area contributed by atoms with Crippen LogP contribution in [0, 0.1) is 0 Å². The average Bonchev–Trinajstić information content (AvgIpc) is 2.55. The summed E-state index contributed by atoms with van der Waals surface area (Å²) in [6.45, 7) is 8.67. The first kappa shape index (κ1) is 12.1. The van der Waals surface area contributed by atoms with E-state index in [9.17, 15) is 0 Å². The monoisotopic (exact) mass is 209 g/mol. The van der Waals surface area contributed by atoms with Crippen LogP contribution < -0.4 is 5.73 Å². The van der Waals surface area contributed by atoms with Gasteiger partial charge in [-0.15, -0.1) is 0 Å². The molecule has 3 nitrogen and oxygen atoms in total. The zero-order valence-electron chi connectivity index (χ0n) is 10.4. The van der Waals surface area contributed by atoms with Crippen molar-refractivity contribution in [1.82, 2.24) is 9.78 Å². The molecule has 0 amide bonds. The minimum absolute atomic E-state index is 0.465. The lowest BCUT2D eigenvalue weighted by Crippen LogP contribution is -2.10. The largest absolute Gasteiger partial charge is 0.396 e. The molecular weight excluding hydrogens is 186 g/mol. The zero-order valence-corrected chi connectivity index (χ0v) is 10.4. The van der Waals surface area contributed by atoms with Gasteiger partial charge in [-0.05, 0) is 26.2 Å². The van der Waals surface area contributed by atoms with Crippen molar-refractivity contribution >= 4 is 5.69 Å². The van der Waals surface area contributed by atoms with Crippen LogP contribution in [0.3, 0.4) is 0 Å². The molecule has 1 aromatic heterocycles. The lowest BCUT2D eigenvalue weighted by molar-refractivity contribution is 0.438. The van der Waals surface area contributed by atoms with E-state index < -0.39 is 0 Å². The Morgan fingerprint density at radius 1 is 1.27 bits per heavy atom. The second kappa shape index (κ2) is 5.19. The van der Waals surface area contributed by atoms with E-state index in [0.29, 0.717) is 6.04 Å². The molecule has 1 atom stereocenters. The molecule has 0 radical (unpaired) electrons. The van der Waals surface area contributed by atoms with E-state index in [-0.39, 0.29) is 0 Å². The van der Waals surface area contributed by atoms with Gasteiger partial charge in [-0.3, -0.25) is 4.68 Å². The average molecular weight is 209 g/mol. The van der Waals surface area contributed by atoms with Crippen molar-refractivity contribution in [2.45, 2.75) is 59.4 Å². The second-order valence-corrected chi connectivity index (χ2v) is 4.10.